The molecule has 0 aliphatic carbocycles. The highest BCUT2D eigenvalue weighted by atomic mass is 35.5. The van der Waals surface area contributed by atoms with E-state index in [2.05, 4.69) is 43.3 Å². The zero-order valence-corrected chi connectivity index (χ0v) is 12.1. The molecule has 0 unspecified atom stereocenters. The number of aromatic amines is 1. The number of fused-ring (bicyclic) bond motifs is 1. The third-order valence-corrected chi connectivity index (χ3v) is 4.00. The van der Waals surface area contributed by atoms with Gasteiger partial charge in [-0.3, -0.25) is 10.1 Å². The highest BCUT2D eigenvalue weighted by Gasteiger charge is 2.12. The van der Waals surface area contributed by atoms with Gasteiger partial charge in [-0.15, -0.1) is 0 Å². The van der Waals surface area contributed by atoms with Crippen molar-refractivity contribution in [1.82, 2.24) is 20.1 Å². The average Bonchev–Trinajstić information content (AvgIpc) is 3.20. The summed E-state index contributed by atoms with van der Waals surface area (Å²) in [6.45, 7) is 1.81. The van der Waals surface area contributed by atoms with Gasteiger partial charge in [-0.05, 0) is 11.6 Å². The van der Waals surface area contributed by atoms with Crippen molar-refractivity contribution in [2.75, 3.05) is 13.1 Å². The van der Waals surface area contributed by atoms with Crippen LogP contribution >= 0.6 is 11.6 Å². The Hall–Kier alpha value is -2.27. The summed E-state index contributed by atoms with van der Waals surface area (Å²) >= 11 is 6.33. The van der Waals surface area contributed by atoms with Crippen LogP contribution in [0, 0.1) is 0 Å². The number of nitrogens with one attached hydrogen (secondary N) is 2. The van der Waals surface area contributed by atoms with Crippen molar-refractivity contribution in [3.8, 4) is 5.69 Å². The zero-order valence-electron chi connectivity index (χ0n) is 11.3. The normalized spacial score (nSPS) is 14.4. The van der Waals surface area contributed by atoms with E-state index in [1.165, 1.54) is 5.56 Å². The number of hydrogen-bond acceptors (Lipinski definition) is 3. The molecule has 1 aromatic carbocycles. The minimum absolute atomic E-state index is 0.745. The van der Waals surface area contributed by atoms with Crippen molar-refractivity contribution in [1.29, 1.82) is 0 Å². The third-order valence-electron chi connectivity index (χ3n) is 3.70. The van der Waals surface area contributed by atoms with Crippen LogP contribution in [-0.2, 0) is 6.42 Å². The SMILES string of the molecule is Clc1cn(-c2cn[nH]c2)c2cc(CC3=NCCN3)ccc12. The van der Waals surface area contributed by atoms with Gasteiger partial charge in [-0.2, -0.15) is 5.10 Å². The molecule has 21 heavy (non-hydrogen) atoms. The summed E-state index contributed by atoms with van der Waals surface area (Å²) in [5, 5.41) is 11.9. The highest BCUT2D eigenvalue weighted by molar-refractivity contribution is 6.35. The minimum Gasteiger partial charge on any atom is -0.372 e. The molecular formula is C15H14ClN5. The maximum atomic E-state index is 6.33. The predicted octanol–water partition coefficient (Wildman–Crippen LogP) is 2.55. The Balaban J connectivity index is 1.80. The summed E-state index contributed by atoms with van der Waals surface area (Å²) in [5.74, 6) is 1.06. The van der Waals surface area contributed by atoms with Gasteiger partial charge in [-0.25, -0.2) is 0 Å². The Kier molecular flexibility index (Phi) is 2.93. The first-order valence-electron chi connectivity index (χ1n) is 6.87. The van der Waals surface area contributed by atoms with Crippen LogP contribution in [0.15, 0.2) is 41.8 Å². The second kappa shape index (κ2) is 4.93. The van der Waals surface area contributed by atoms with Gasteiger partial charge < -0.3 is 9.88 Å². The molecule has 6 heteroatoms. The van der Waals surface area contributed by atoms with Gasteiger partial charge in [0, 0.05) is 30.7 Å². The fourth-order valence-corrected chi connectivity index (χ4v) is 2.95. The van der Waals surface area contributed by atoms with E-state index in [-0.39, 0.29) is 0 Å². The number of nitrogens with zero attached hydrogens (tertiary/aromatic N) is 3. The molecule has 2 N–H and O–H groups in total. The summed E-state index contributed by atoms with van der Waals surface area (Å²) in [4.78, 5) is 4.45. The summed E-state index contributed by atoms with van der Waals surface area (Å²) < 4.78 is 2.05. The van der Waals surface area contributed by atoms with Gasteiger partial charge in [0.1, 0.15) is 5.84 Å². The van der Waals surface area contributed by atoms with Crippen LogP contribution < -0.4 is 5.32 Å². The number of H-pyrrole nitrogens is 1. The molecule has 1 aliphatic rings. The van der Waals surface area contributed by atoms with Gasteiger partial charge in [-0.1, -0.05) is 23.7 Å². The molecular weight excluding hydrogens is 286 g/mol. The zero-order chi connectivity index (χ0) is 14.2. The summed E-state index contributed by atoms with van der Waals surface area (Å²) in [7, 11) is 0. The molecule has 1 aliphatic heterocycles. The predicted molar refractivity (Wildman–Crippen MR) is 84.4 cm³/mol. The van der Waals surface area contributed by atoms with Gasteiger partial charge in [0.2, 0.25) is 0 Å². The van der Waals surface area contributed by atoms with Gasteiger partial charge in [0.05, 0.1) is 29.0 Å². The number of benzene rings is 1. The van der Waals surface area contributed by atoms with Crippen molar-refractivity contribution < 1.29 is 0 Å². The number of rotatable bonds is 3. The van der Waals surface area contributed by atoms with Gasteiger partial charge in [0.15, 0.2) is 0 Å². The van der Waals surface area contributed by atoms with Crippen LogP contribution in [0.5, 0.6) is 0 Å². The van der Waals surface area contributed by atoms with Crippen LogP contribution in [0.1, 0.15) is 5.56 Å². The first-order valence-corrected chi connectivity index (χ1v) is 7.25. The van der Waals surface area contributed by atoms with E-state index >= 15 is 0 Å². The van der Waals surface area contributed by atoms with E-state index in [1.54, 1.807) is 6.20 Å². The molecule has 0 saturated heterocycles. The first-order chi connectivity index (χ1) is 10.3. The van der Waals surface area contributed by atoms with Crippen LogP contribution in [0.4, 0.5) is 0 Å². The molecule has 2 aromatic heterocycles. The molecule has 0 atom stereocenters. The molecule has 0 saturated carbocycles. The van der Waals surface area contributed by atoms with Crippen molar-refractivity contribution >= 4 is 28.3 Å². The number of halogens is 1. The van der Waals surface area contributed by atoms with Crippen LogP contribution in [0.3, 0.4) is 0 Å². The number of amidine groups is 1. The molecule has 0 spiro atoms. The van der Waals surface area contributed by atoms with Crippen LogP contribution in [-0.4, -0.2) is 33.7 Å². The van der Waals surface area contributed by atoms with E-state index in [0.717, 1.165) is 47.0 Å². The lowest BCUT2D eigenvalue weighted by molar-refractivity contribution is 0.953. The average molecular weight is 300 g/mol. The second-order valence-electron chi connectivity index (χ2n) is 5.09. The Morgan fingerprint density at radius 1 is 1.33 bits per heavy atom. The van der Waals surface area contributed by atoms with Gasteiger partial charge >= 0.3 is 0 Å². The maximum Gasteiger partial charge on any atom is 0.101 e. The Bertz CT molecular complexity index is 816. The standard InChI is InChI=1S/C15H14ClN5/c16-13-9-21(11-7-19-20-8-11)14-5-10(1-2-12(13)14)6-15-17-3-4-18-15/h1-2,5,7-9H,3-4,6H2,(H,17,18)(H,19,20). The summed E-state index contributed by atoms with van der Waals surface area (Å²) in [5.41, 5.74) is 3.27. The molecule has 106 valence electrons. The van der Waals surface area contributed by atoms with E-state index < -0.39 is 0 Å². The smallest absolute Gasteiger partial charge is 0.101 e. The molecule has 0 fully saturated rings. The van der Waals surface area contributed by atoms with E-state index in [0.29, 0.717) is 0 Å². The Morgan fingerprint density at radius 3 is 3.05 bits per heavy atom. The topological polar surface area (TPSA) is 58.0 Å². The van der Waals surface area contributed by atoms with Crippen molar-refractivity contribution in [2.24, 2.45) is 4.99 Å². The van der Waals surface area contributed by atoms with Gasteiger partial charge in [0.25, 0.3) is 0 Å². The summed E-state index contributed by atoms with van der Waals surface area (Å²) in [6, 6.07) is 6.34. The molecule has 0 amide bonds. The van der Waals surface area contributed by atoms with Crippen LogP contribution in [0.2, 0.25) is 5.02 Å². The fourth-order valence-electron chi connectivity index (χ4n) is 2.69. The second-order valence-corrected chi connectivity index (χ2v) is 5.49. The van der Waals surface area contributed by atoms with Crippen molar-refractivity contribution in [3.63, 3.8) is 0 Å². The highest BCUT2D eigenvalue weighted by Crippen LogP contribution is 2.29. The fraction of sp³-hybridized carbons (Fsp3) is 0.200. The first kappa shape index (κ1) is 12.5. The number of aliphatic imine (C=N–C) groups is 1. The van der Waals surface area contributed by atoms with Crippen molar-refractivity contribution in [2.45, 2.75) is 6.42 Å². The van der Waals surface area contributed by atoms with E-state index in [4.69, 9.17) is 11.6 Å². The lowest BCUT2D eigenvalue weighted by atomic mass is 10.1. The third kappa shape index (κ3) is 2.19. The maximum absolute atomic E-state index is 6.33. The van der Waals surface area contributed by atoms with E-state index in [1.807, 2.05) is 12.4 Å². The largest absolute Gasteiger partial charge is 0.372 e. The quantitative estimate of drug-likeness (QED) is 0.781. The Labute approximate surface area is 126 Å². The van der Waals surface area contributed by atoms with Crippen LogP contribution in [0.25, 0.3) is 16.6 Å². The van der Waals surface area contributed by atoms with E-state index in [9.17, 15) is 0 Å². The number of aromatic nitrogens is 3. The molecule has 3 heterocycles. The molecule has 4 rings (SSSR count). The lowest BCUT2D eigenvalue weighted by Gasteiger charge is -2.05. The molecule has 5 nitrogen and oxygen atoms in total. The monoisotopic (exact) mass is 299 g/mol. The number of hydrogen-bond donors (Lipinski definition) is 2. The molecule has 0 radical (unpaired) electrons. The lowest BCUT2D eigenvalue weighted by Crippen LogP contribution is -2.20. The van der Waals surface area contributed by atoms with Crippen molar-refractivity contribution in [3.05, 3.63) is 47.4 Å². The molecule has 0 bridgehead atoms. The molecule has 3 aromatic rings. The summed E-state index contributed by atoms with van der Waals surface area (Å²) in [6.07, 6.45) is 6.38. The Morgan fingerprint density at radius 2 is 2.29 bits per heavy atom. The minimum atomic E-state index is 0.745.